The minimum atomic E-state index is -0.801. The summed E-state index contributed by atoms with van der Waals surface area (Å²) in [5.74, 6) is -0.948. The van der Waals surface area contributed by atoms with Crippen LogP contribution in [0.3, 0.4) is 0 Å². The molecular formula is C71H126O6. The highest BCUT2D eigenvalue weighted by molar-refractivity contribution is 5.71. The van der Waals surface area contributed by atoms with Crippen molar-refractivity contribution in [3.63, 3.8) is 0 Å². The Balaban J connectivity index is 3.98. The average Bonchev–Trinajstić information content (AvgIpc) is 3.43. The van der Waals surface area contributed by atoms with Gasteiger partial charge in [0.1, 0.15) is 13.2 Å². The van der Waals surface area contributed by atoms with Crippen molar-refractivity contribution in [3.05, 3.63) is 72.9 Å². The van der Waals surface area contributed by atoms with Crippen LogP contribution in [0.1, 0.15) is 342 Å². The van der Waals surface area contributed by atoms with Crippen molar-refractivity contribution >= 4 is 17.9 Å². The van der Waals surface area contributed by atoms with Crippen molar-refractivity contribution in [2.45, 2.75) is 348 Å². The van der Waals surface area contributed by atoms with Crippen molar-refractivity contribution in [2.24, 2.45) is 0 Å². The molecule has 0 spiro atoms. The van der Waals surface area contributed by atoms with Crippen molar-refractivity contribution in [2.75, 3.05) is 13.2 Å². The highest BCUT2D eigenvalue weighted by Gasteiger charge is 2.19. The molecule has 0 N–H and O–H groups in total. The number of hydrogen-bond donors (Lipinski definition) is 0. The van der Waals surface area contributed by atoms with Crippen LogP contribution in [0.5, 0.6) is 0 Å². The van der Waals surface area contributed by atoms with Gasteiger partial charge in [-0.2, -0.15) is 0 Å². The Labute approximate surface area is 478 Å². The fraction of sp³-hybridized carbons (Fsp3) is 0.789. The monoisotopic (exact) mass is 1070 g/mol. The number of unbranched alkanes of at least 4 members (excludes halogenated alkanes) is 38. The molecule has 6 heteroatoms. The van der Waals surface area contributed by atoms with E-state index in [1.54, 1.807) is 0 Å². The van der Waals surface area contributed by atoms with Gasteiger partial charge in [-0.1, -0.05) is 312 Å². The summed E-state index contributed by atoms with van der Waals surface area (Å²) in [5.41, 5.74) is 0. The van der Waals surface area contributed by atoms with E-state index in [0.29, 0.717) is 19.3 Å². The molecule has 0 fully saturated rings. The Morgan fingerprint density at radius 2 is 0.519 bits per heavy atom. The lowest BCUT2D eigenvalue weighted by Crippen LogP contribution is -2.30. The van der Waals surface area contributed by atoms with Crippen LogP contribution in [0, 0.1) is 0 Å². The zero-order chi connectivity index (χ0) is 55.7. The standard InChI is InChI=1S/C71H126O6/c1-4-7-10-13-16-18-20-22-24-26-27-28-29-30-31-32-33-34-35-36-37-38-39-40-41-42-43-45-46-48-50-52-55-58-61-64-70(73)76-67-68(66-75-69(72)63-60-57-54-15-12-9-6-3)77-71(74)65-62-59-56-53-51-49-47-44-25-23-21-19-17-14-11-8-5-2/h8,11,17,19,23,25-27,47,49,53,56,68H,4-7,9-10,12-16,18,20-22,24,28-46,48,50-52,54-55,57-67H2,1-3H3/b11-8-,19-17-,25-23-,27-26-,49-47-,56-53-. The number of carbonyl (C=O) groups is 3. The highest BCUT2D eigenvalue weighted by atomic mass is 16.6. The zero-order valence-electron chi connectivity index (χ0n) is 51.2. The van der Waals surface area contributed by atoms with Crippen molar-refractivity contribution in [1.29, 1.82) is 0 Å². The van der Waals surface area contributed by atoms with Crippen LogP contribution in [0.25, 0.3) is 0 Å². The average molecular weight is 1080 g/mol. The zero-order valence-corrected chi connectivity index (χ0v) is 51.2. The quantitative estimate of drug-likeness (QED) is 0.0261. The van der Waals surface area contributed by atoms with E-state index in [2.05, 4.69) is 93.7 Å². The number of ether oxygens (including phenoxy) is 3. The van der Waals surface area contributed by atoms with E-state index >= 15 is 0 Å². The van der Waals surface area contributed by atoms with Crippen LogP contribution in [-0.2, 0) is 28.6 Å². The fourth-order valence-corrected chi connectivity index (χ4v) is 9.71. The van der Waals surface area contributed by atoms with E-state index < -0.39 is 6.10 Å². The molecule has 1 unspecified atom stereocenters. The molecule has 6 nitrogen and oxygen atoms in total. The van der Waals surface area contributed by atoms with Crippen LogP contribution in [0.2, 0.25) is 0 Å². The predicted octanol–water partition coefficient (Wildman–Crippen LogP) is 22.9. The second kappa shape index (κ2) is 65.4. The Bertz CT molecular complexity index is 1420. The van der Waals surface area contributed by atoms with Crippen LogP contribution in [0.4, 0.5) is 0 Å². The lowest BCUT2D eigenvalue weighted by molar-refractivity contribution is -0.167. The first-order valence-electron chi connectivity index (χ1n) is 33.4. The molecule has 0 amide bonds. The molecule has 77 heavy (non-hydrogen) atoms. The Morgan fingerprint density at radius 1 is 0.273 bits per heavy atom. The van der Waals surface area contributed by atoms with E-state index in [1.807, 2.05) is 0 Å². The second-order valence-electron chi connectivity index (χ2n) is 22.4. The van der Waals surface area contributed by atoms with Crippen molar-refractivity contribution in [1.82, 2.24) is 0 Å². The van der Waals surface area contributed by atoms with E-state index in [1.165, 1.54) is 218 Å². The molecular weight excluding hydrogens is 949 g/mol. The maximum absolute atomic E-state index is 12.8. The first-order valence-corrected chi connectivity index (χ1v) is 33.4. The fourth-order valence-electron chi connectivity index (χ4n) is 9.71. The molecule has 0 rings (SSSR count). The van der Waals surface area contributed by atoms with Gasteiger partial charge >= 0.3 is 17.9 Å². The van der Waals surface area contributed by atoms with Gasteiger partial charge in [-0.05, 0) is 83.5 Å². The summed E-state index contributed by atoms with van der Waals surface area (Å²) in [4.78, 5) is 38.0. The summed E-state index contributed by atoms with van der Waals surface area (Å²) >= 11 is 0. The third-order valence-corrected chi connectivity index (χ3v) is 14.7. The molecule has 446 valence electrons. The molecule has 0 radical (unpaired) electrons. The largest absolute Gasteiger partial charge is 0.462 e. The third-order valence-electron chi connectivity index (χ3n) is 14.7. The molecule has 0 heterocycles. The minimum Gasteiger partial charge on any atom is -0.462 e. The van der Waals surface area contributed by atoms with Gasteiger partial charge in [0.15, 0.2) is 6.10 Å². The SMILES string of the molecule is CC/C=C\C/C=C\C/C=C\C/C=C\C/C=C\CCCC(=O)OC(COC(=O)CCCCCCCCC)COC(=O)CCCCCCCCCCCCCCCCCCCCCCCCC/C=C\CCCCCCCCCC. The molecule has 0 aliphatic rings. The van der Waals surface area contributed by atoms with Gasteiger partial charge in [0, 0.05) is 19.3 Å². The highest BCUT2D eigenvalue weighted by Crippen LogP contribution is 2.18. The first-order chi connectivity index (χ1) is 38.0. The Hall–Kier alpha value is -3.15. The van der Waals surface area contributed by atoms with Crippen LogP contribution in [-0.4, -0.2) is 37.2 Å². The van der Waals surface area contributed by atoms with Gasteiger partial charge in [0.2, 0.25) is 0 Å². The predicted molar refractivity (Wildman–Crippen MR) is 335 cm³/mol. The van der Waals surface area contributed by atoms with Gasteiger partial charge in [-0.25, -0.2) is 0 Å². The molecule has 0 aromatic heterocycles. The lowest BCUT2D eigenvalue weighted by atomic mass is 10.0. The molecule has 1 atom stereocenters. The van der Waals surface area contributed by atoms with E-state index in [-0.39, 0.29) is 37.5 Å². The summed E-state index contributed by atoms with van der Waals surface area (Å²) < 4.78 is 16.8. The first kappa shape index (κ1) is 73.8. The molecule has 0 bridgehead atoms. The van der Waals surface area contributed by atoms with Gasteiger partial charge in [0.25, 0.3) is 0 Å². The molecule has 0 aromatic carbocycles. The number of allylic oxidation sites excluding steroid dienone is 12. The minimum absolute atomic E-state index is 0.0947. The number of rotatable bonds is 61. The molecule has 0 saturated heterocycles. The third kappa shape index (κ3) is 63.6. The lowest BCUT2D eigenvalue weighted by Gasteiger charge is -2.18. The van der Waals surface area contributed by atoms with E-state index in [9.17, 15) is 14.4 Å². The number of carbonyl (C=O) groups excluding carboxylic acids is 3. The number of hydrogen-bond acceptors (Lipinski definition) is 6. The molecule has 0 aromatic rings. The van der Waals surface area contributed by atoms with Crippen LogP contribution in [0.15, 0.2) is 72.9 Å². The van der Waals surface area contributed by atoms with Crippen LogP contribution >= 0.6 is 0 Å². The second-order valence-corrected chi connectivity index (χ2v) is 22.4. The van der Waals surface area contributed by atoms with Crippen molar-refractivity contribution < 1.29 is 28.6 Å². The van der Waals surface area contributed by atoms with E-state index in [0.717, 1.165) is 77.0 Å². The summed E-state index contributed by atoms with van der Waals surface area (Å²) in [6.07, 6.45) is 85.6. The Kier molecular flexibility index (Phi) is 62.7. The van der Waals surface area contributed by atoms with Gasteiger partial charge in [-0.15, -0.1) is 0 Å². The van der Waals surface area contributed by atoms with Gasteiger partial charge < -0.3 is 14.2 Å². The summed E-state index contributed by atoms with van der Waals surface area (Å²) in [5, 5.41) is 0. The maximum atomic E-state index is 12.8. The summed E-state index contributed by atoms with van der Waals surface area (Å²) in [6.45, 7) is 6.47. The van der Waals surface area contributed by atoms with Gasteiger partial charge in [0.05, 0.1) is 0 Å². The van der Waals surface area contributed by atoms with E-state index in [4.69, 9.17) is 14.2 Å². The smallest absolute Gasteiger partial charge is 0.306 e. The van der Waals surface area contributed by atoms with Gasteiger partial charge in [-0.3, -0.25) is 14.4 Å². The van der Waals surface area contributed by atoms with Crippen molar-refractivity contribution in [3.8, 4) is 0 Å². The summed E-state index contributed by atoms with van der Waals surface area (Å²) in [6, 6.07) is 0. The number of esters is 3. The van der Waals surface area contributed by atoms with Crippen LogP contribution < -0.4 is 0 Å². The summed E-state index contributed by atoms with van der Waals surface area (Å²) in [7, 11) is 0. The Morgan fingerprint density at radius 3 is 0.844 bits per heavy atom. The maximum Gasteiger partial charge on any atom is 0.306 e. The molecule has 0 aliphatic carbocycles. The topological polar surface area (TPSA) is 78.9 Å². The molecule has 0 aliphatic heterocycles. The molecule has 0 saturated carbocycles. The normalized spacial score (nSPS) is 12.5.